The van der Waals surface area contributed by atoms with Gasteiger partial charge in [0.1, 0.15) is 10.7 Å². The average molecular weight is 349 g/mol. The first-order valence-corrected chi connectivity index (χ1v) is 8.58. The monoisotopic (exact) mass is 349 g/mol. The summed E-state index contributed by atoms with van der Waals surface area (Å²) < 4.78 is 0.779. The van der Waals surface area contributed by atoms with Crippen LogP contribution in [-0.2, 0) is 6.54 Å². The van der Waals surface area contributed by atoms with Crippen LogP contribution in [0.15, 0.2) is 11.4 Å². The number of thiophene rings is 1. The van der Waals surface area contributed by atoms with Gasteiger partial charge in [-0.15, -0.1) is 22.7 Å². The molecule has 1 amide bonds. The number of carbonyl (C=O) groups excluding carboxylic acids is 1. The van der Waals surface area contributed by atoms with E-state index in [2.05, 4.69) is 9.97 Å². The Kier molecular flexibility index (Phi) is 3.95. The summed E-state index contributed by atoms with van der Waals surface area (Å²) in [6.07, 6.45) is 0. The van der Waals surface area contributed by atoms with Crippen LogP contribution >= 0.6 is 22.7 Å². The molecule has 0 aliphatic carbocycles. The standard InChI is InChI=1S/C15H15N3O3S2/c1-7-6-22-11(16-7)5-18(3)14(19)9-4-10-13(17-9)12(15(20)21)8(2)23-10/h4,6,17H,5H2,1-3H3,(H,20,21). The van der Waals surface area contributed by atoms with E-state index in [1.54, 1.807) is 24.9 Å². The maximum atomic E-state index is 12.5. The lowest BCUT2D eigenvalue weighted by molar-refractivity contribution is 0.0697. The molecule has 0 unspecified atom stereocenters. The predicted octanol–water partition coefficient (Wildman–Crippen LogP) is 3.27. The first-order chi connectivity index (χ1) is 10.9. The Bertz CT molecular complexity index is 906. The molecular formula is C15H15N3O3S2. The summed E-state index contributed by atoms with van der Waals surface area (Å²) in [5.41, 5.74) is 2.08. The predicted molar refractivity (Wildman–Crippen MR) is 90.5 cm³/mol. The zero-order valence-corrected chi connectivity index (χ0v) is 14.5. The molecule has 2 N–H and O–H groups in total. The number of fused-ring (bicyclic) bond motifs is 1. The minimum Gasteiger partial charge on any atom is -0.478 e. The largest absolute Gasteiger partial charge is 0.478 e. The molecule has 0 aliphatic rings. The van der Waals surface area contributed by atoms with Crippen molar-refractivity contribution >= 4 is 44.8 Å². The van der Waals surface area contributed by atoms with Crippen molar-refractivity contribution in [2.45, 2.75) is 20.4 Å². The third kappa shape index (κ3) is 2.87. The lowest BCUT2D eigenvalue weighted by atomic mass is 10.2. The zero-order valence-electron chi connectivity index (χ0n) is 12.8. The minimum absolute atomic E-state index is 0.185. The van der Waals surface area contributed by atoms with Gasteiger partial charge in [0.2, 0.25) is 0 Å². The number of rotatable bonds is 4. The number of aromatic amines is 1. The second kappa shape index (κ2) is 5.78. The van der Waals surface area contributed by atoms with Crippen molar-refractivity contribution < 1.29 is 14.7 Å². The highest BCUT2D eigenvalue weighted by atomic mass is 32.1. The van der Waals surface area contributed by atoms with Crippen LogP contribution < -0.4 is 0 Å². The fourth-order valence-electron chi connectivity index (χ4n) is 2.42. The van der Waals surface area contributed by atoms with Crippen molar-refractivity contribution in [2.75, 3.05) is 7.05 Å². The lowest BCUT2D eigenvalue weighted by Gasteiger charge is -2.14. The number of nitrogens with zero attached hydrogens (tertiary/aromatic N) is 2. The summed E-state index contributed by atoms with van der Waals surface area (Å²) in [7, 11) is 1.71. The number of amides is 1. The third-order valence-electron chi connectivity index (χ3n) is 3.48. The molecule has 0 spiro atoms. The topological polar surface area (TPSA) is 86.3 Å². The van der Waals surface area contributed by atoms with Crippen LogP contribution in [0.2, 0.25) is 0 Å². The van der Waals surface area contributed by atoms with Gasteiger partial charge in [0.25, 0.3) is 5.91 Å². The van der Waals surface area contributed by atoms with E-state index in [1.807, 2.05) is 12.3 Å². The second-order valence-electron chi connectivity index (χ2n) is 5.30. The quantitative estimate of drug-likeness (QED) is 0.757. The smallest absolute Gasteiger partial charge is 0.338 e. The summed E-state index contributed by atoms with van der Waals surface area (Å²) in [6, 6.07) is 1.71. The number of carboxylic acid groups (broad SMARTS) is 1. The van der Waals surface area contributed by atoms with E-state index in [4.69, 9.17) is 0 Å². The minimum atomic E-state index is -0.985. The van der Waals surface area contributed by atoms with Crippen LogP contribution in [0, 0.1) is 13.8 Å². The van der Waals surface area contributed by atoms with E-state index in [-0.39, 0.29) is 11.5 Å². The Morgan fingerprint density at radius 3 is 2.74 bits per heavy atom. The van der Waals surface area contributed by atoms with Crippen LogP contribution in [0.5, 0.6) is 0 Å². The molecule has 0 fully saturated rings. The van der Waals surface area contributed by atoms with Crippen molar-refractivity contribution in [3.05, 3.63) is 38.3 Å². The summed E-state index contributed by atoms with van der Waals surface area (Å²) >= 11 is 2.89. The van der Waals surface area contributed by atoms with Gasteiger partial charge in [0.15, 0.2) is 0 Å². The Balaban J connectivity index is 1.87. The highest BCUT2D eigenvalue weighted by Gasteiger charge is 2.21. The van der Waals surface area contributed by atoms with Crippen molar-refractivity contribution in [2.24, 2.45) is 0 Å². The number of aromatic nitrogens is 2. The number of aromatic carboxylic acids is 1. The molecule has 3 rings (SSSR count). The number of nitrogens with one attached hydrogen (secondary N) is 1. The molecule has 0 atom stereocenters. The van der Waals surface area contributed by atoms with Gasteiger partial charge >= 0.3 is 5.97 Å². The summed E-state index contributed by atoms with van der Waals surface area (Å²) in [4.78, 5) is 33.5. The molecule has 23 heavy (non-hydrogen) atoms. The maximum Gasteiger partial charge on any atom is 0.338 e. The molecule has 3 aromatic rings. The molecule has 0 aromatic carbocycles. The van der Waals surface area contributed by atoms with Crippen LogP contribution in [0.1, 0.15) is 36.4 Å². The average Bonchev–Trinajstić information content (AvgIpc) is 3.11. The molecule has 0 saturated heterocycles. The molecule has 120 valence electrons. The fraction of sp³-hybridized carbons (Fsp3) is 0.267. The van der Waals surface area contributed by atoms with E-state index in [0.717, 1.165) is 20.3 Å². The highest BCUT2D eigenvalue weighted by molar-refractivity contribution is 7.19. The van der Waals surface area contributed by atoms with Crippen LogP contribution in [-0.4, -0.2) is 38.9 Å². The molecule has 3 heterocycles. The lowest BCUT2D eigenvalue weighted by Crippen LogP contribution is -2.26. The molecule has 0 radical (unpaired) electrons. The van der Waals surface area contributed by atoms with E-state index in [0.29, 0.717) is 17.8 Å². The van der Waals surface area contributed by atoms with Crippen LogP contribution in [0.3, 0.4) is 0 Å². The number of hydrogen-bond donors (Lipinski definition) is 2. The van der Waals surface area contributed by atoms with Crippen molar-refractivity contribution in [3.8, 4) is 0 Å². The van der Waals surface area contributed by atoms with Gasteiger partial charge in [-0.2, -0.15) is 0 Å². The van der Waals surface area contributed by atoms with Crippen molar-refractivity contribution in [3.63, 3.8) is 0 Å². The van der Waals surface area contributed by atoms with Crippen LogP contribution in [0.25, 0.3) is 10.2 Å². The summed E-state index contributed by atoms with van der Waals surface area (Å²) in [5.74, 6) is -1.17. The number of aryl methyl sites for hydroxylation is 2. The zero-order chi connectivity index (χ0) is 16.7. The maximum absolute atomic E-state index is 12.5. The number of thiazole rings is 1. The third-order valence-corrected chi connectivity index (χ3v) is 5.48. The van der Waals surface area contributed by atoms with Crippen molar-refractivity contribution in [1.29, 1.82) is 0 Å². The van der Waals surface area contributed by atoms with E-state index in [9.17, 15) is 14.7 Å². The van der Waals surface area contributed by atoms with Gasteiger partial charge < -0.3 is 15.0 Å². The normalized spacial score (nSPS) is 11.1. The van der Waals surface area contributed by atoms with E-state index >= 15 is 0 Å². The van der Waals surface area contributed by atoms with Gasteiger partial charge in [-0.1, -0.05) is 0 Å². The Morgan fingerprint density at radius 2 is 2.13 bits per heavy atom. The summed E-state index contributed by atoms with van der Waals surface area (Å²) in [6.45, 7) is 4.10. The molecule has 0 saturated carbocycles. The Labute approximate surface area is 140 Å². The molecule has 6 nitrogen and oxygen atoms in total. The fourth-order valence-corrected chi connectivity index (χ4v) is 4.30. The first-order valence-electron chi connectivity index (χ1n) is 6.88. The highest BCUT2D eigenvalue weighted by Crippen LogP contribution is 2.31. The number of carbonyl (C=O) groups is 2. The van der Waals surface area contributed by atoms with Gasteiger partial charge in [-0.3, -0.25) is 4.79 Å². The van der Waals surface area contributed by atoms with E-state index in [1.165, 1.54) is 22.7 Å². The molecule has 0 aliphatic heterocycles. The Hall–Kier alpha value is -2.19. The van der Waals surface area contributed by atoms with Gasteiger partial charge in [-0.05, 0) is 19.9 Å². The first kappa shape index (κ1) is 15.7. The van der Waals surface area contributed by atoms with Crippen LogP contribution in [0.4, 0.5) is 0 Å². The molecular weight excluding hydrogens is 334 g/mol. The molecule has 0 bridgehead atoms. The van der Waals surface area contributed by atoms with Gasteiger partial charge in [-0.25, -0.2) is 9.78 Å². The van der Waals surface area contributed by atoms with Crippen molar-refractivity contribution in [1.82, 2.24) is 14.9 Å². The molecule has 8 heteroatoms. The van der Waals surface area contributed by atoms with Gasteiger partial charge in [0, 0.05) is 23.0 Å². The Morgan fingerprint density at radius 1 is 1.39 bits per heavy atom. The number of carboxylic acids is 1. The van der Waals surface area contributed by atoms with Gasteiger partial charge in [0.05, 0.1) is 22.3 Å². The summed E-state index contributed by atoms with van der Waals surface area (Å²) in [5, 5.41) is 12.1. The number of hydrogen-bond acceptors (Lipinski definition) is 5. The second-order valence-corrected chi connectivity index (χ2v) is 7.50. The SMILES string of the molecule is Cc1csc(CN(C)C(=O)c2cc3sc(C)c(C(=O)O)c3[nH]2)n1. The molecule has 3 aromatic heterocycles. The number of H-pyrrole nitrogens is 1. The van der Waals surface area contributed by atoms with E-state index < -0.39 is 5.97 Å².